The molecule has 1 aromatic heterocycles. The van der Waals surface area contributed by atoms with Crippen LogP contribution in [0.3, 0.4) is 0 Å². The number of hydrogen-bond donors (Lipinski definition) is 2. The number of nitrogens with one attached hydrogen (secondary N) is 2. The average Bonchev–Trinajstić information content (AvgIpc) is 3.10. The number of carbonyl (C=O) groups excluding carboxylic acids is 2. The highest BCUT2D eigenvalue weighted by Gasteiger charge is 2.35. The lowest BCUT2D eigenvalue weighted by Gasteiger charge is -2.35. The third-order valence-corrected chi connectivity index (χ3v) is 5.63. The van der Waals surface area contributed by atoms with Crippen LogP contribution < -0.4 is 10.1 Å². The molecule has 2 N–H and O–H groups in total. The molecule has 0 radical (unpaired) electrons. The molecule has 2 heterocycles. The van der Waals surface area contributed by atoms with Gasteiger partial charge in [0.15, 0.2) is 0 Å². The molecule has 29 heavy (non-hydrogen) atoms. The summed E-state index contributed by atoms with van der Waals surface area (Å²) in [6.45, 7) is 0.128. The van der Waals surface area contributed by atoms with E-state index >= 15 is 0 Å². The first kappa shape index (κ1) is 19.6. The van der Waals surface area contributed by atoms with Crippen LogP contribution in [0.2, 0.25) is 10.0 Å². The SMILES string of the molecule is COc1c(Cl)cc(Cl)cc1CN1C(=O)CNC(=O)[C@H]1Cc1c[nH]c2ccccc12. The number of carbonyl (C=O) groups is 2. The first-order valence-electron chi connectivity index (χ1n) is 9.12. The second-order valence-corrected chi connectivity index (χ2v) is 7.74. The molecular weight excluding hydrogens is 413 g/mol. The summed E-state index contributed by atoms with van der Waals surface area (Å²) in [5.74, 6) is 0.0789. The maximum atomic E-state index is 12.7. The number of aromatic amines is 1. The van der Waals surface area contributed by atoms with Gasteiger partial charge in [-0.25, -0.2) is 0 Å². The Morgan fingerprint density at radius 3 is 2.76 bits per heavy atom. The number of ether oxygens (including phenoxy) is 1. The normalized spacial score (nSPS) is 16.9. The number of piperazine rings is 1. The van der Waals surface area contributed by atoms with E-state index in [1.165, 1.54) is 7.11 Å². The first-order valence-corrected chi connectivity index (χ1v) is 9.87. The minimum absolute atomic E-state index is 0.0418. The van der Waals surface area contributed by atoms with E-state index in [1.807, 2.05) is 30.5 Å². The molecule has 1 saturated heterocycles. The van der Waals surface area contributed by atoms with Crippen molar-refractivity contribution in [2.75, 3.05) is 13.7 Å². The Morgan fingerprint density at radius 2 is 1.97 bits per heavy atom. The summed E-state index contributed by atoms with van der Waals surface area (Å²) in [6, 6.07) is 10.5. The van der Waals surface area contributed by atoms with Crippen molar-refractivity contribution in [2.45, 2.75) is 19.0 Å². The molecule has 0 aliphatic carbocycles. The second kappa shape index (κ2) is 7.97. The van der Waals surface area contributed by atoms with Gasteiger partial charge in [0, 0.05) is 34.1 Å². The summed E-state index contributed by atoms with van der Waals surface area (Å²) in [5.41, 5.74) is 2.61. The Labute approximate surface area is 177 Å². The van der Waals surface area contributed by atoms with Gasteiger partial charge in [0.05, 0.1) is 25.2 Å². The van der Waals surface area contributed by atoms with Crippen LogP contribution in [0.15, 0.2) is 42.6 Å². The number of rotatable bonds is 5. The molecule has 0 bridgehead atoms. The van der Waals surface area contributed by atoms with Crippen molar-refractivity contribution in [2.24, 2.45) is 0 Å². The van der Waals surface area contributed by atoms with E-state index in [4.69, 9.17) is 27.9 Å². The standard InChI is InChI=1S/C21H19Cl2N3O3/c1-29-20-13(6-14(22)8-16(20)23)11-26-18(21(28)25-10-19(26)27)7-12-9-24-17-5-3-2-4-15(12)17/h2-6,8-9,18,24H,7,10-11H2,1H3,(H,25,28)/t18-/m1/s1. The number of nitrogens with zero attached hydrogens (tertiary/aromatic N) is 1. The first-order chi connectivity index (χ1) is 14.0. The van der Waals surface area contributed by atoms with Crippen molar-refractivity contribution in [3.8, 4) is 5.75 Å². The van der Waals surface area contributed by atoms with Crippen LogP contribution in [-0.4, -0.2) is 41.4 Å². The number of halogens is 2. The highest BCUT2D eigenvalue weighted by Crippen LogP contribution is 2.34. The summed E-state index contributed by atoms with van der Waals surface area (Å²) in [7, 11) is 1.51. The monoisotopic (exact) mass is 431 g/mol. The van der Waals surface area contributed by atoms with Gasteiger partial charge in [0.2, 0.25) is 11.8 Å². The Kier molecular flexibility index (Phi) is 5.39. The number of H-pyrrole nitrogens is 1. The van der Waals surface area contributed by atoms with Gasteiger partial charge in [-0.3, -0.25) is 9.59 Å². The van der Waals surface area contributed by atoms with E-state index in [-0.39, 0.29) is 24.9 Å². The molecule has 0 unspecified atom stereocenters. The predicted octanol–water partition coefficient (Wildman–Crippen LogP) is 3.55. The number of fused-ring (bicyclic) bond motifs is 1. The number of benzene rings is 2. The molecule has 3 aromatic rings. The number of aromatic nitrogens is 1. The predicted molar refractivity (Wildman–Crippen MR) is 112 cm³/mol. The lowest BCUT2D eigenvalue weighted by Crippen LogP contribution is -2.58. The Balaban J connectivity index is 1.68. The van der Waals surface area contributed by atoms with Gasteiger partial charge in [-0.2, -0.15) is 0 Å². The minimum Gasteiger partial charge on any atom is -0.495 e. The van der Waals surface area contributed by atoms with Gasteiger partial charge in [0.25, 0.3) is 0 Å². The lowest BCUT2D eigenvalue weighted by molar-refractivity contribution is -0.146. The molecule has 2 amide bonds. The van der Waals surface area contributed by atoms with E-state index in [2.05, 4.69) is 10.3 Å². The summed E-state index contributed by atoms with van der Waals surface area (Å²) >= 11 is 12.4. The topological polar surface area (TPSA) is 74.4 Å². The molecular formula is C21H19Cl2N3O3. The zero-order valence-electron chi connectivity index (χ0n) is 15.7. The zero-order chi connectivity index (χ0) is 20.5. The molecule has 8 heteroatoms. The molecule has 1 aliphatic heterocycles. The van der Waals surface area contributed by atoms with Gasteiger partial charge in [-0.05, 0) is 23.8 Å². The van der Waals surface area contributed by atoms with Crippen molar-refractivity contribution in [3.63, 3.8) is 0 Å². The van der Waals surface area contributed by atoms with Crippen LogP contribution >= 0.6 is 23.2 Å². The Hall–Kier alpha value is -2.70. The van der Waals surface area contributed by atoms with Crippen molar-refractivity contribution < 1.29 is 14.3 Å². The molecule has 4 rings (SSSR count). The van der Waals surface area contributed by atoms with Crippen molar-refractivity contribution in [3.05, 3.63) is 63.8 Å². The van der Waals surface area contributed by atoms with Crippen LogP contribution in [0.4, 0.5) is 0 Å². The number of methoxy groups -OCH3 is 1. The number of amides is 2. The van der Waals surface area contributed by atoms with Crippen molar-refractivity contribution in [1.82, 2.24) is 15.2 Å². The molecule has 6 nitrogen and oxygen atoms in total. The van der Waals surface area contributed by atoms with Crippen LogP contribution in [0.1, 0.15) is 11.1 Å². The van der Waals surface area contributed by atoms with Gasteiger partial charge >= 0.3 is 0 Å². The zero-order valence-corrected chi connectivity index (χ0v) is 17.2. The quantitative estimate of drug-likeness (QED) is 0.648. The molecule has 1 fully saturated rings. The third kappa shape index (κ3) is 3.78. The van der Waals surface area contributed by atoms with E-state index in [0.717, 1.165) is 16.5 Å². The fourth-order valence-corrected chi connectivity index (χ4v) is 4.36. The van der Waals surface area contributed by atoms with Crippen molar-refractivity contribution >= 4 is 45.9 Å². The molecule has 0 spiro atoms. The van der Waals surface area contributed by atoms with Gasteiger partial charge in [-0.1, -0.05) is 41.4 Å². The highest BCUT2D eigenvalue weighted by atomic mass is 35.5. The fourth-order valence-electron chi connectivity index (χ4n) is 3.75. The van der Waals surface area contributed by atoms with E-state index < -0.39 is 6.04 Å². The maximum absolute atomic E-state index is 12.7. The average molecular weight is 432 g/mol. The molecule has 1 aliphatic rings. The lowest BCUT2D eigenvalue weighted by atomic mass is 10.0. The largest absolute Gasteiger partial charge is 0.495 e. The van der Waals surface area contributed by atoms with Gasteiger partial charge in [0.1, 0.15) is 11.8 Å². The van der Waals surface area contributed by atoms with Gasteiger partial charge in [-0.15, -0.1) is 0 Å². The summed E-state index contributed by atoms with van der Waals surface area (Å²) in [4.78, 5) is 30.2. The highest BCUT2D eigenvalue weighted by molar-refractivity contribution is 6.35. The third-order valence-electron chi connectivity index (χ3n) is 5.13. The van der Waals surface area contributed by atoms with Crippen LogP contribution in [-0.2, 0) is 22.6 Å². The molecule has 2 aromatic carbocycles. The maximum Gasteiger partial charge on any atom is 0.243 e. The van der Waals surface area contributed by atoms with Gasteiger partial charge < -0.3 is 19.9 Å². The van der Waals surface area contributed by atoms with E-state index in [1.54, 1.807) is 17.0 Å². The Morgan fingerprint density at radius 1 is 1.17 bits per heavy atom. The molecule has 0 saturated carbocycles. The van der Waals surface area contributed by atoms with E-state index in [0.29, 0.717) is 27.8 Å². The van der Waals surface area contributed by atoms with Crippen LogP contribution in [0, 0.1) is 0 Å². The van der Waals surface area contributed by atoms with E-state index in [9.17, 15) is 9.59 Å². The summed E-state index contributed by atoms with van der Waals surface area (Å²) < 4.78 is 5.40. The summed E-state index contributed by atoms with van der Waals surface area (Å²) in [5, 5.41) is 4.51. The number of hydrogen-bond acceptors (Lipinski definition) is 3. The van der Waals surface area contributed by atoms with Crippen molar-refractivity contribution in [1.29, 1.82) is 0 Å². The fraction of sp³-hybridized carbons (Fsp3) is 0.238. The van der Waals surface area contributed by atoms with Crippen LogP contribution in [0.25, 0.3) is 10.9 Å². The minimum atomic E-state index is -0.655. The smallest absolute Gasteiger partial charge is 0.243 e. The second-order valence-electron chi connectivity index (χ2n) is 6.90. The Bertz CT molecular complexity index is 1100. The summed E-state index contributed by atoms with van der Waals surface area (Å²) in [6.07, 6.45) is 2.27. The number of para-hydroxylation sites is 1. The molecule has 150 valence electrons. The van der Waals surface area contributed by atoms with Crippen LogP contribution in [0.5, 0.6) is 5.75 Å². The molecule has 1 atom stereocenters.